The number of ether oxygens (including phenoxy) is 3. The fraction of sp³-hybridized carbons (Fsp3) is 0.524. The van der Waals surface area contributed by atoms with E-state index in [0.717, 1.165) is 60.8 Å². The number of aliphatic imine (C=N–C) groups is 1. The molecular weight excluding hydrogens is 388 g/mol. The van der Waals surface area contributed by atoms with Crippen LogP contribution >= 0.6 is 11.3 Å². The van der Waals surface area contributed by atoms with Crippen LogP contribution in [0.5, 0.6) is 11.5 Å². The average Bonchev–Trinajstić information content (AvgIpc) is 3.34. The summed E-state index contributed by atoms with van der Waals surface area (Å²) in [6.07, 6.45) is 1.89. The fourth-order valence-electron chi connectivity index (χ4n) is 3.80. The minimum Gasteiger partial charge on any atom is -0.454 e. The van der Waals surface area contributed by atoms with E-state index in [9.17, 15) is 0 Å². The SMILES string of the molecule is CN=C(NCc1nc(C)c(C)s1)NCC1(c2ccc3c(c2)OCO3)CCOCC1. The lowest BCUT2D eigenvalue weighted by Gasteiger charge is -2.38. The Balaban J connectivity index is 1.45. The molecule has 156 valence electrons. The van der Waals surface area contributed by atoms with E-state index in [0.29, 0.717) is 13.3 Å². The van der Waals surface area contributed by atoms with E-state index >= 15 is 0 Å². The van der Waals surface area contributed by atoms with Gasteiger partial charge in [-0.15, -0.1) is 11.3 Å². The molecule has 2 N–H and O–H groups in total. The molecule has 2 aromatic rings. The first kappa shape index (κ1) is 20.0. The van der Waals surface area contributed by atoms with E-state index in [1.807, 2.05) is 13.0 Å². The van der Waals surface area contributed by atoms with E-state index in [4.69, 9.17) is 14.2 Å². The Hall–Kier alpha value is -2.32. The van der Waals surface area contributed by atoms with Crippen molar-refractivity contribution in [2.24, 2.45) is 4.99 Å². The second kappa shape index (κ2) is 8.59. The number of nitrogens with one attached hydrogen (secondary N) is 2. The van der Waals surface area contributed by atoms with Crippen molar-refractivity contribution in [3.05, 3.63) is 39.3 Å². The summed E-state index contributed by atoms with van der Waals surface area (Å²) < 4.78 is 16.7. The van der Waals surface area contributed by atoms with Gasteiger partial charge in [0.1, 0.15) is 5.01 Å². The summed E-state index contributed by atoms with van der Waals surface area (Å²) in [5.41, 5.74) is 2.31. The van der Waals surface area contributed by atoms with Gasteiger partial charge in [-0.1, -0.05) is 6.07 Å². The molecule has 8 heteroatoms. The maximum atomic E-state index is 5.65. The van der Waals surface area contributed by atoms with Crippen LogP contribution in [0.4, 0.5) is 0 Å². The van der Waals surface area contributed by atoms with E-state index in [1.54, 1.807) is 18.4 Å². The Labute approximate surface area is 175 Å². The van der Waals surface area contributed by atoms with Gasteiger partial charge in [-0.25, -0.2) is 4.98 Å². The minimum absolute atomic E-state index is 0.0365. The van der Waals surface area contributed by atoms with Gasteiger partial charge in [0.15, 0.2) is 17.5 Å². The van der Waals surface area contributed by atoms with Crippen LogP contribution in [0.1, 0.15) is 34.0 Å². The molecule has 0 unspecified atom stereocenters. The first-order chi connectivity index (χ1) is 14.1. The van der Waals surface area contributed by atoms with Crippen molar-refractivity contribution in [3.8, 4) is 11.5 Å². The monoisotopic (exact) mass is 416 g/mol. The van der Waals surface area contributed by atoms with Crippen molar-refractivity contribution < 1.29 is 14.2 Å². The lowest BCUT2D eigenvalue weighted by Crippen LogP contribution is -2.47. The lowest BCUT2D eigenvalue weighted by atomic mass is 9.74. The maximum Gasteiger partial charge on any atom is 0.231 e. The number of thiazole rings is 1. The van der Waals surface area contributed by atoms with Gasteiger partial charge in [0.25, 0.3) is 0 Å². The van der Waals surface area contributed by atoms with E-state index in [2.05, 4.69) is 39.7 Å². The second-order valence-electron chi connectivity index (χ2n) is 7.49. The van der Waals surface area contributed by atoms with Gasteiger partial charge in [-0.2, -0.15) is 0 Å². The number of nitrogens with zero attached hydrogens (tertiary/aromatic N) is 2. The molecule has 2 aliphatic rings. The summed E-state index contributed by atoms with van der Waals surface area (Å²) in [5, 5.41) is 7.98. The zero-order valence-electron chi connectivity index (χ0n) is 17.2. The predicted octanol–water partition coefficient (Wildman–Crippen LogP) is 2.90. The molecule has 1 aromatic heterocycles. The Morgan fingerprint density at radius 2 is 1.97 bits per heavy atom. The number of aromatic nitrogens is 1. The van der Waals surface area contributed by atoms with Gasteiger partial charge < -0.3 is 24.8 Å². The van der Waals surface area contributed by atoms with E-state index in [1.165, 1.54) is 10.4 Å². The molecule has 2 aliphatic heterocycles. The van der Waals surface area contributed by atoms with Crippen LogP contribution in [0.2, 0.25) is 0 Å². The average molecular weight is 417 g/mol. The van der Waals surface area contributed by atoms with E-state index in [-0.39, 0.29) is 5.41 Å². The molecule has 29 heavy (non-hydrogen) atoms. The summed E-state index contributed by atoms with van der Waals surface area (Å²) in [7, 11) is 1.80. The summed E-state index contributed by atoms with van der Waals surface area (Å²) in [5.74, 6) is 2.42. The molecule has 0 saturated carbocycles. The van der Waals surface area contributed by atoms with Gasteiger partial charge in [-0.05, 0) is 44.4 Å². The number of guanidine groups is 1. The minimum atomic E-state index is -0.0365. The standard InChI is InChI=1S/C21H28N4O3S/c1-14-15(2)29-19(25-14)11-23-20(22-3)24-12-21(6-8-26-9-7-21)16-4-5-17-18(10-16)28-13-27-17/h4-5,10H,6-9,11-13H2,1-3H3,(H2,22,23,24). The maximum absolute atomic E-state index is 5.65. The smallest absolute Gasteiger partial charge is 0.231 e. The molecule has 0 amide bonds. The van der Waals surface area contributed by atoms with Crippen LogP contribution in [0.25, 0.3) is 0 Å². The number of benzene rings is 1. The third-order valence-electron chi connectivity index (χ3n) is 5.73. The molecule has 3 heterocycles. The third kappa shape index (κ3) is 4.33. The zero-order valence-corrected chi connectivity index (χ0v) is 18.0. The molecule has 4 rings (SSSR count). The van der Waals surface area contributed by atoms with Gasteiger partial charge in [0.05, 0.1) is 12.2 Å². The Morgan fingerprint density at radius 1 is 1.17 bits per heavy atom. The molecule has 0 aliphatic carbocycles. The summed E-state index contributed by atoms with van der Waals surface area (Å²) >= 11 is 1.72. The summed E-state index contributed by atoms with van der Waals surface area (Å²) in [6.45, 7) is 7.37. The summed E-state index contributed by atoms with van der Waals surface area (Å²) in [4.78, 5) is 10.2. The van der Waals surface area contributed by atoms with Crippen molar-refractivity contribution in [2.45, 2.75) is 38.6 Å². The van der Waals surface area contributed by atoms with Crippen molar-refractivity contribution >= 4 is 17.3 Å². The first-order valence-electron chi connectivity index (χ1n) is 9.95. The molecule has 1 saturated heterocycles. The van der Waals surface area contributed by atoms with Gasteiger partial charge in [0.2, 0.25) is 6.79 Å². The molecular formula is C21H28N4O3S. The van der Waals surface area contributed by atoms with Gasteiger partial charge >= 0.3 is 0 Å². The molecule has 1 fully saturated rings. The Kier molecular flexibility index (Phi) is 5.91. The summed E-state index contributed by atoms with van der Waals surface area (Å²) in [6, 6.07) is 6.28. The van der Waals surface area contributed by atoms with Crippen LogP contribution in [0.15, 0.2) is 23.2 Å². The van der Waals surface area contributed by atoms with Crippen LogP contribution in [-0.4, -0.2) is 44.5 Å². The van der Waals surface area contributed by atoms with Gasteiger partial charge in [-0.3, -0.25) is 4.99 Å². The lowest BCUT2D eigenvalue weighted by molar-refractivity contribution is 0.0513. The molecule has 0 radical (unpaired) electrons. The quantitative estimate of drug-likeness (QED) is 0.577. The van der Waals surface area contributed by atoms with Crippen molar-refractivity contribution in [1.82, 2.24) is 15.6 Å². The van der Waals surface area contributed by atoms with Crippen LogP contribution in [0.3, 0.4) is 0 Å². The molecule has 0 spiro atoms. The number of hydrogen-bond acceptors (Lipinski definition) is 6. The number of fused-ring (bicyclic) bond motifs is 1. The molecule has 7 nitrogen and oxygen atoms in total. The largest absolute Gasteiger partial charge is 0.454 e. The van der Waals surface area contributed by atoms with Crippen LogP contribution in [0, 0.1) is 13.8 Å². The zero-order chi connectivity index (χ0) is 20.3. The first-order valence-corrected chi connectivity index (χ1v) is 10.8. The molecule has 0 atom stereocenters. The number of aryl methyl sites for hydroxylation is 2. The van der Waals surface area contributed by atoms with Crippen molar-refractivity contribution in [1.29, 1.82) is 0 Å². The number of hydrogen-bond donors (Lipinski definition) is 2. The predicted molar refractivity (Wildman–Crippen MR) is 114 cm³/mol. The van der Waals surface area contributed by atoms with Gasteiger partial charge in [0, 0.05) is 37.1 Å². The van der Waals surface area contributed by atoms with Crippen LogP contribution in [-0.2, 0) is 16.7 Å². The second-order valence-corrected chi connectivity index (χ2v) is 8.78. The molecule has 1 aromatic carbocycles. The topological polar surface area (TPSA) is 77.0 Å². The Bertz CT molecular complexity index is 871. The highest BCUT2D eigenvalue weighted by Gasteiger charge is 2.35. The van der Waals surface area contributed by atoms with E-state index < -0.39 is 0 Å². The Morgan fingerprint density at radius 3 is 2.69 bits per heavy atom. The normalized spacial score (nSPS) is 18.0. The number of rotatable bonds is 5. The highest BCUT2D eigenvalue weighted by Crippen LogP contribution is 2.40. The highest BCUT2D eigenvalue weighted by molar-refractivity contribution is 7.11. The van der Waals surface area contributed by atoms with Crippen LogP contribution < -0.4 is 20.1 Å². The molecule has 0 bridgehead atoms. The van der Waals surface area contributed by atoms with Crippen molar-refractivity contribution in [3.63, 3.8) is 0 Å². The third-order valence-corrected chi connectivity index (χ3v) is 6.81. The fourth-order valence-corrected chi connectivity index (χ4v) is 4.68. The van der Waals surface area contributed by atoms with Crippen molar-refractivity contribution in [2.75, 3.05) is 33.6 Å². The highest BCUT2D eigenvalue weighted by atomic mass is 32.1.